The van der Waals surface area contributed by atoms with E-state index < -0.39 is 29.3 Å². The van der Waals surface area contributed by atoms with E-state index in [1.165, 1.54) is 5.06 Å². The summed E-state index contributed by atoms with van der Waals surface area (Å²) in [6.45, 7) is 10.8. The van der Waals surface area contributed by atoms with Crippen LogP contribution >= 0.6 is 0 Å². The van der Waals surface area contributed by atoms with Crippen molar-refractivity contribution in [2.24, 2.45) is 5.41 Å². The molecule has 1 aromatic rings. The Kier molecular flexibility index (Phi) is 5.99. The first-order valence-electron chi connectivity index (χ1n) is 11.5. The number of amides is 3. The minimum Gasteiger partial charge on any atom is -0.458 e. The third-order valence-corrected chi connectivity index (χ3v) is 5.95. The van der Waals surface area contributed by atoms with Crippen LogP contribution in [0.15, 0.2) is 4.42 Å². The number of carbonyl (C=O) groups is 3. The molecule has 2 bridgehead atoms. The first-order chi connectivity index (χ1) is 15.8. The van der Waals surface area contributed by atoms with Crippen molar-refractivity contribution >= 4 is 18.1 Å². The van der Waals surface area contributed by atoms with Crippen molar-refractivity contribution in [1.82, 2.24) is 25.5 Å². The Labute approximate surface area is 198 Å². The van der Waals surface area contributed by atoms with Crippen molar-refractivity contribution in [2.75, 3.05) is 13.2 Å². The molecule has 1 aromatic heterocycles. The van der Waals surface area contributed by atoms with Gasteiger partial charge in [-0.05, 0) is 66.2 Å². The molecule has 1 spiro atoms. The van der Waals surface area contributed by atoms with Gasteiger partial charge in [0.25, 0.3) is 0 Å². The highest BCUT2D eigenvalue weighted by Gasteiger charge is 2.64. The van der Waals surface area contributed by atoms with Crippen LogP contribution in [-0.2, 0) is 25.7 Å². The Bertz CT molecular complexity index is 960. The Morgan fingerprint density at radius 3 is 2.41 bits per heavy atom. The van der Waals surface area contributed by atoms with E-state index in [0.29, 0.717) is 18.9 Å². The number of carbonyl (C=O) groups excluding carboxylic acids is 3. The summed E-state index contributed by atoms with van der Waals surface area (Å²) in [5.41, 5.74) is -1.36. The molecule has 2 aliphatic heterocycles. The average molecular weight is 480 g/mol. The second kappa shape index (κ2) is 8.40. The third-order valence-electron chi connectivity index (χ3n) is 5.95. The largest absolute Gasteiger partial charge is 0.458 e. The monoisotopic (exact) mass is 479 g/mol. The highest BCUT2D eigenvalue weighted by molar-refractivity contribution is 5.78. The fourth-order valence-corrected chi connectivity index (χ4v) is 4.42. The molecule has 4 rings (SSSR count). The van der Waals surface area contributed by atoms with Gasteiger partial charge in [0.15, 0.2) is 6.61 Å². The molecule has 12 nitrogen and oxygen atoms in total. The van der Waals surface area contributed by atoms with Gasteiger partial charge < -0.3 is 24.1 Å². The standard InChI is InChI=1S/C22H33N5O7/c1-20(2,3)33-16(28)12-31-27-14-11-26(19(27)30)13(9-22(14)7-8-22)17-25-24-15(32-17)10-23-18(29)34-21(4,5)6/h13-14H,7-12H2,1-6H3,(H,23,29)/t13-,14?/m0/s1. The molecular weight excluding hydrogens is 446 g/mol. The quantitative estimate of drug-likeness (QED) is 0.611. The van der Waals surface area contributed by atoms with Gasteiger partial charge in [0.1, 0.15) is 17.2 Å². The molecule has 188 valence electrons. The molecular formula is C22H33N5O7. The van der Waals surface area contributed by atoms with E-state index in [0.717, 1.165) is 12.8 Å². The summed E-state index contributed by atoms with van der Waals surface area (Å²) in [4.78, 5) is 44.4. The summed E-state index contributed by atoms with van der Waals surface area (Å²) < 4.78 is 16.3. The van der Waals surface area contributed by atoms with Crippen molar-refractivity contribution in [3.05, 3.63) is 11.8 Å². The van der Waals surface area contributed by atoms with Gasteiger partial charge in [-0.15, -0.1) is 10.2 Å². The number of hydroxylamine groups is 2. The van der Waals surface area contributed by atoms with Gasteiger partial charge in [-0.25, -0.2) is 14.4 Å². The van der Waals surface area contributed by atoms with E-state index in [9.17, 15) is 14.4 Å². The zero-order chi connectivity index (χ0) is 24.9. The average Bonchev–Trinajstić information content (AvgIpc) is 3.18. The summed E-state index contributed by atoms with van der Waals surface area (Å²) in [6.07, 6.45) is 1.97. The van der Waals surface area contributed by atoms with Crippen LogP contribution in [0.4, 0.5) is 9.59 Å². The minimum atomic E-state index is -0.633. The second-order valence-electron chi connectivity index (χ2n) is 11.1. The number of hydrogen-bond donors (Lipinski definition) is 1. The number of ether oxygens (including phenoxy) is 2. The van der Waals surface area contributed by atoms with E-state index in [1.54, 1.807) is 46.4 Å². The maximum atomic E-state index is 13.2. The maximum absolute atomic E-state index is 13.2. The van der Waals surface area contributed by atoms with E-state index in [-0.39, 0.29) is 36.5 Å². The first-order valence-corrected chi connectivity index (χ1v) is 11.5. The van der Waals surface area contributed by atoms with Gasteiger partial charge in [0.2, 0.25) is 11.8 Å². The summed E-state index contributed by atoms with van der Waals surface area (Å²) in [5, 5.41) is 12.1. The molecule has 34 heavy (non-hydrogen) atoms. The van der Waals surface area contributed by atoms with Crippen LogP contribution in [0.1, 0.15) is 78.6 Å². The number of nitrogens with one attached hydrogen (secondary N) is 1. The SMILES string of the molecule is CC(C)(C)OC(=O)CON1C(=O)N2CC1C1(CC1)C[C@H]2c1nnc(CNC(=O)OC(C)(C)C)o1. The summed E-state index contributed by atoms with van der Waals surface area (Å²) >= 11 is 0. The van der Waals surface area contributed by atoms with Gasteiger partial charge in [0.05, 0.1) is 12.6 Å². The zero-order valence-corrected chi connectivity index (χ0v) is 20.5. The number of rotatable bonds is 6. The molecule has 3 amide bonds. The predicted molar refractivity (Wildman–Crippen MR) is 116 cm³/mol. The van der Waals surface area contributed by atoms with Crippen LogP contribution in [0.25, 0.3) is 0 Å². The van der Waals surface area contributed by atoms with Gasteiger partial charge in [-0.2, -0.15) is 5.06 Å². The van der Waals surface area contributed by atoms with Gasteiger partial charge >= 0.3 is 18.1 Å². The van der Waals surface area contributed by atoms with Crippen LogP contribution in [0.2, 0.25) is 0 Å². The van der Waals surface area contributed by atoms with Gasteiger partial charge in [-0.3, -0.25) is 4.84 Å². The van der Waals surface area contributed by atoms with Crippen molar-refractivity contribution in [3.8, 4) is 0 Å². The Hall–Kier alpha value is -2.89. The van der Waals surface area contributed by atoms with Crippen LogP contribution in [0.5, 0.6) is 0 Å². The zero-order valence-electron chi connectivity index (χ0n) is 20.5. The lowest BCUT2D eigenvalue weighted by Gasteiger charge is -2.35. The topological polar surface area (TPSA) is 136 Å². The smallest absolute Gasteiger partial charge is 0.408 e. The number of alkyl carbamates (subject to hydrolysis) is 1. The molecule has 1 aliphatic carbocycles. The molecule has 12 heteroatoms. The molecule has 2 saturated heterocycles. The molecule has 1 saturated carbocycles. The number of nitrogens with zero attached hydrogens (tertiary/aromatic N) is 4. The van der Waals surface area contributed by atoms with Crippen LogP contribution in [-0.4, -0.2) is 68.6 Å². The van der Waals surface area contributed by atoms with Gasteiger partial charge in [-0.1, -0.05) is 0 Å². The number of hydrogen-bond acceptors (Lipinski definition) is 9. The fourth-order valence-electron chi connectivity index (χ4n) is 4.42. The molecule has 1 N–H and O–H groups in total. The van der Waals surface area contributed by atoms with Crippen LogP contribution in [0.3, 0.4) is 0 Å². The number of urea groups is 1. The summed E-state index contributed by atoms with van der Waals surface area (Å²) in [6, 6.07) is -0.881. The van der Waals surface area contributed by atoms with Crippen molar-refractivity contribution in [3.63, 3.8) is 0 Å². The van der Waals surface area contributed by atoms with Crippen LogP contribution in [0, 0.1) is 5.41 Å². The highest BCUT2D eigenvalue weighted by Crippen LogP contribution is 2.61. The summed E-state index contributed by atoms with van der Waals surface area (Å²) in [7, 11) is 0. The Morgan fingerprint density at radius 1 is 1.12 bits per heavy atom. The second-order valence-corrected chi connectivity index (χ2v) is 11.1. The molecule has 0 aromatic carbocycles. The number of piperidine rings is 1. The van der Waals surface area contributed by atoms with Crippen molar-refractivity contribution in [1.29, 1.82) is 0 Å². The van der Waals surface area contributed by atoms with E-state index >= 15 is 0 Å². The minimum absolute atomic E-state index is 0.0153. The van der Waals surface area contributed by atoms with Crippen molar-refractivity contribution < 1.29 is 33.1 Å². The van der Waals surface area contributed by atoms with E-state index in [2.05, 4.69) is 15.5 Å². The third kappa shape index (κ3) is 5.26. The number of aromatic nitrogens is 2. The maximum Gasteiger partial charge on any atom is 0.408 e. The predicted octanol–water partition coefficient (Wildman–Crippen LogP) is 2.70. The first kappa shape index (κ1) is 24.2. The molecule has 3 heterocycles. The molecule has 1 unspecified atom stereocenters. The summed E-state index contributed by atoms with van der Waals surface area (Å²) in [5.74, 6) is 0.00253. The lowest BCUT2D eigenvalue weighted by molar-refractivity contribution is -0.185. The van der Waals surface area contributed by atoms with Crippen LogP contribution < -0.4 is 5.32 Å². The molecule has 3 fully saturated rings. The molecule has 0 radical (unpaired) electrons. The highest BCUT2D eigenvalue weighted by atomic mass is 16.7. The number of esters is 1. The molecule has 2 atom stereocenters. The number of fused-ring (bicyclic) bond motifs is 3. The molecule has 3 aliphatic rings. The lowest BCUT2D eigenvalue weighted by atomic mass is 9.85. The van der Waals surface area contributed by atoms with Gasteiger partial charge in [0, 0.05) is 6.54 Å². The fraction of sp³-hybridized carbons (Fsp3) is 0.773. The lowest BCUT2D eigenvalue weighted by Crippen LogP contribution is -2.43. The van der Waals surface area contributed by atoms with E-state index in [4.69, 9.17) is 18.7 Å². The normalized spacial score (nSPS) is 23.3. The Balaban J connectivity index is 1.40. The van der Waals surface area contributed by atoms with E-state index in [1.807, 2.05) is 0 Å². The Morgan fingerprint density at radius 2 is 1.79 bits per heavy atom. The van der Waals surface area contributed by atoms with Crippen molar-refractivity contribution in [2.45, 2.75) is 90.6 Å².